The number of hydrogen-bond donors (Lipinski definition) is 2. The Morgan fingerprint density at radius 1 is 1.44 bits per heavy atom. The molecule has 0 saturated carbocycles. The molecule has 1 heterocycles. The van der Waals surface area contributed by atoms with E-state index in [4.69, 9.17) is 0 Å². The van der Waals surface area contributed by atoms with Crippen molar-refractivity contribution in [1.82, 2.24) is 10.3 Å². The normalized spacial score (nSPS) is 11.0. The van der Waals surface area contributed by atoms with Crippen LogP contribution in [0.4, 0.5) is 10.5 Å². The molecule has 0 bridgehead atoms. The third-order valence-electron chi connectivity index (χ3n) is 1.76. The largest absolute Gasteiger partial charge is 0.337 e. The molecule has 4 nitrogen and oxygen atoms in total. The quantitative estimate of drug-likeness (QED) is 0.821. The van der Waals surface area contributed by atoms with Gasteiger partial charge in [-0.05, 0) is 33.5 Å². The summed E-state index contributed by atoms with van der Waals surface area (Å²) in [5, 5.41) is 5.50. The summed E-state index contributed by atoms with van der Waals surface area (Å²) in [6.45, 7) is 6.82. The summed E-state index contributed by atoms with van der Waals surface area (Å²) < 4.78 is 0.744. The second kappa shape index (κ2) is 5.30. The van der Waals surface area contributed by atoms with Crippen LogP contribution >= 0.6 is 15.9 Å². The van der Waals surface area contributed by atoms with Crippen molar-refractivity contribution in [2.24, 2.45) is 5.41 Å². The summed E-state index contributed by atoms with van der Waals surface area (Å²) in [4.78, 5) is 15.5. The van der Waals surface area contributed by atoms with Crippen LogP contribution < -0.4 is 10.6 Å². The molecule has 0 atom stereocenters. The lowest BCUT2D eigenvalue weighted by molar-refractivity contribution is 0.247. The Labute approximate surface area is 104 Å². The van der Waals surface area contributed by atoms with E-state index in [0.29, 0.717) is 12.2 Å². The number of carbonyl (C=O) groups excluding carboxylic acids is 1. The van der Waals surface area contributed by atoms with Gasteiger partial charge in [-0.2, -0.15) is 0 Å². The van der Waals surface area contributed by atoms with Gasteiger partial charge in [0.15, 0.2) is 0 Å². The monoisotopic (exact) mass is 285 g/mol. The fourth-order valence-corrected chi connectivity index (χ4v) is 1.21. The maximum Gasteiger partial charge on any atom is 0.319 e. The lowest BCUT2D eigenvalue weighted by Crippen LogP contribution is -2.35. The van der Waals surface area contributed by atoms with Crippen molar-refractivity contribution in [3.05, 3.63) is 22.9 Å². The Morgan fingerprint density at radius 2 is 2.12 bits per heavy atom. The number of carbonyl (C=O) groups is 1. The molecular weight excluding hydrogens is 270 g/mol. The molecule has 0 aliphatic carbocycles. The zero-order valence-electron chi connectivity index (χ0n) is 9.67. The van der Waals surface area contributed by atoms with Gasteiger partial charge >= 0.3 is 6.03 Å². The number of pyridine rings is 1. The van der Waals surface area contributed by atoms with E-state index in [0.717, 1.165) is 4.60 Å². The minimum absolute atomic E-state index is 0.0787. The molecule has 0 fully saturated rings. The predicted molar refractivity (Wildman–Crippen MR) is 68.4 cm³/mol. The molecule has 88 valence electrons. The van der Waals surface area contributed by atoms with Crippen molar-refractivity contribution in [3.8, 4) is 0 Å². The van der Waals surface area contributed by atoms with Crippen molar-refractivity contribution >= 4 is 27.6 Å². The number of aromatic nitrogens is 1. The first-order valence-electron chi connectivity index (χ1n) is 5.03. The molecule has 1 aromatic rings. The maximum absolute atomic E-state index is 11.5. The Balaban J connectivity index is 2.43. The molecule has 2 amide bonds. The van der Waals surface area contributed by atoms with Gasteiger partial charge in [-0.3, -0.25) is 0 Å². The molecule has 2 N–H and O–H groups in total. The first kappa shape index (κ1) is 13.0. The summed E-state index contributed by atoms with van der Waals surface area (Å²) in [6, 6.07) is 3.35. The highest BCUT2D eigenvalue weighted by Gasteiger charge is 2.11. The van der Waals surface area contributed by atoms with Gasteiger partial charge in [-0.15, -0.1) is 0 Å². The van der Waals surface area contributed by atoms with E-state index >= 15 is 0 Å². The summed E-state index contributed by atoms with van der Waals surface area (Å²) in [7, 11) is 0. The Morgan fingerprint density at radius 3 is 2.62 bits per heavy atom. The zero-order chi connectivity index (χ0) is 12.2. The second-order valence-corrected chi connectivity index (χ2v) is 5.55. The highest BCUT2D eigenvalue weighted by atomic mass is 79.9. The summed E-state index contributed by atoms with van der Waals surface area (Å²) >= 11 is 3.23. The molecule has 0 aliphatic rings. The summed E-state index contributed by atoms with van der Waals surface area (Å²) in [6.07, 6.45) is 1.60. The van der Waals surface area contributed by atoms with Crippen molar-refractivity contribution in [3.63, 3.8) is 0 Å². The molecule has 0 saturated heterocycles. The van der Waals surface area contributed by atoms with Crippen LogP contribution in [-0.2, 0) is 0 Å². The van der Waals surface area contributed by atoms with Crippen LogP contribution in [-0.4, -0.2) is 17.6 Å². The van der Waals surface area contributed by atoms with Crippen LogP contribution in [0.25, 0.3) is 0 Å². The number of halogens is 1. The maximum atomic E-state index is 11.5. The van der Waals surface area contributed by atoms with Crippen molar-refractivity contribution < 1.29 is 4.79 Å². The fourth-order valence-electron chi connectivity index (χ4n) is 0.970. The van der Waals surface area contributed by atoms with Crippen LogP contribution in [0.15, 0.2) is 22.9 Å². The number of nitrogens with zero attached hydrogens (tertiary/aromatic N) is 1. The van der Waals surface area contributed by atoms with Crippen molar-refractivity contribution in [2.45, 2.75) is 20.8 Å². The van der Waals surface area contributed by atoms with Crippen molar-refractivity contribution in [1.29, 1.82) is 0 Å². The molecule has 0 spiro atoms. The SMILES string of the molecule is CC(C)(C)CNC(=O)Nc1ccc(Br)nc1. The van der Waals surface area contributed by atoms with Gasteiger partial charge in [0.05, 0.1) is 11.9 Å². The third kappa shape index (κ3) is 5.11. The van der Waals surface area contributed by atoms with E-state index in [-0.39, 0.29) is 11.4 Å². The summed E-state index contributed by atoms with van der Waals surface area (Å²) in [5.41, 5.74) is 0.754. The molecule has 0 unspecified atom stereocenters. The van der Waals surface area contributed by atoms with Crippen molar-refractivity contribution in [2.75, 3.05) is 11.9 Å². The molecule has 1 aromatic heterocycles. The first-order valence-corrected chi connectivity index (χ1v) is 5.82. The third-order valence-corrected chi connectivity index (χ3v) is 2.23. The topological polar surface area (TPSA) is 54.0 Å². The van der Waals surface area contributed by atoms with Gasteiger partial charge in [0, 0.05) is 6.54 Å². The number of hydrogen-bond acceptors (Lipinski definition) is 2. The van der Waals surface area contributed by atoms with Gasteiger partial charge in [-0.1, -0.05) is 20.8 Å². The molecule has 5 heteroatoms. The number of anilines is 1. The molecular formula is C11H16BrN3O. The van der Waals surface area contributed by atoms with Crippen LogP contribution in [0.2, 0.25) is 0 Å². The van der Waals surface area contributed by atoms with Gasteiger partial charge in [0.1, 0.15) is 4.60 Å². The van der Waals surface area contributed by atoms with E-state index in [2.05, 4.69) is 52.3 Å². The predicted octanol–water partition coefficient (Wildman–Crippen LogP) is 3.01. The minimum Gasteiger partial charge on any atom is -0.337 e. The molecule has 0 aliphatic heterocycles. The smallest absolute Gasteiger partial charge is 0.319 e. The lowest BCUT2D eigenvalue weighted by atomic mass is 9.97. The number of urea groups is 1. The average molecular weight is 286 g/mol. The van der Waals surface area contributed by atoms with Crippen LogP contribution in [0.5, 0.6) is 0 Å². The van der Waals surface area contributed by atoms with Crippen LogP contribution in [0.1, 0.15) is 20.8 Å². The molecule has 1 rings (SSSR count). The first-order chi connectivity index (χ1) is 7.37. The summed E-state index contributed by atoms with van der Waals surface area (Å²) in [5.74, 6) is 0. The Kier molecular flexibility index (Phi) is 4.29. The minimum atomic E-state index is -0.209. The Bertz CT molecular complexity index is 356. The number of nitrogens with one attached hydrogen (secondary N) is 2. The number of amides is 2. The van der Waals surface area contributed by atoms with Crippen LogP contribution in [0, 0.1) is 5.41 Å². The molecule has 16 heavy (non-hydrogen) atoms. The van der Waals surface area contributed by atoms with E-state index in [9.17, 15) is 4.79 Å². The zero-order valence-corrected chi connectivity index (χ0v) is 11.3. The van der Waals surface area contributed by atoms with Gasteiger partial charge < -0.3 is 10.6 Å². The second-order valence-electron chi connectivity index (χ2n) is 4.74. The van der Waals surface area contributed by atoms with E-state index in [1.54, 1.807) is 18.3 Å². The van der Waals surface area contributed by atoms with Gasteiger partial charge in [0.2, 0.25) is 0 Å². The Hall–Kier alpha value is -1.10. The standard InChI is InChI=1S/C11H16BrN3O/c1-11(2,3)7-14-10(16)15-8-4-5-9(12)13-6-8/h4-6H,7H2,1-3H3,(H2,14,15,16). The van der Waals surface area contributed by atoms with E-state index < -0.39 is 0 Å². The number of rotatable bonds is 2. The molecule has 0 aromatic carbocycles. The van der Waals surface area contributed by atoms with Gasteiger partial charge in [0.25, 0.3) is 0 Å². The highest BCUT2D eigenvalue weighted by molar-refractivity contribution is 9.10. The van der Waals surface area contributed by atoms with Gasteiger partial charge in [-0.25, -0.2) is 9.78 Å². The van der Waals surface area contributed by atoms with E-state index in [1.165, 1.54) is 0 Å². The van der Waals surface area contributed by atoms with Crippen LogP contribution in [0.3, 0.4) is 0 Å². The average Bonchev–Trinajstić information content (AvgIpc) is 2.18. The lowest BCUT2D eigenvalue weighted by Gasteiger charge is -2.18. The van der Waals surface area contributed by atoms with E-state index in [1.807, 2.05) is 0 Å². The molecule has 0 radical (unpaired) electrons. The fraction of sp³-hybridized carbons (Fsp3) is 0.455. The highest BCUT2D eigenvalue weighted by Crippen LogP contribution is 2.12.